The van der Waals surface area contributed by atoms with Crippen molar-refractivity contribution in [2.24, 2.45) is 5.92 Å². The molecule has 1 heterocycles. The van der Waals surface area contributed by atoms with Gasteiger partial charge in [0, 0.05) is 27.7 Å². The van der Waals surface area contributed by atoms with E-state index in [4.69, 9.17) is 28.4 Å². The van der Waals surface area contributed by atoms with E-state index in [-0.39, 0.29) is 6.61 Å². The molecule has 1 unspecified atom stereocenters. The number of benzene rings is 1. The smallest absolute Gasteiger partial charge is 0.319 e. The average molecular weight is 466 g/mol. The highest BCUT2D eigenvalue weighted by molar-refractivity contribution is 5.76. The van der Waals surface area contributed by atoms with Crippen LogP contribution in [0.25, 0.3) is 0 Å². The van der Waals surface area contributed by atoms with Crippen molar-refractivity contribution < 1.29 is 52.4 Å². The van der Waals surface area contributed by atoms with Crippen molar-refractivity contribution in [1.29, 1.82) is 0 Å². The molecule has 1 aromatic carbocycles. The lowest BCUT2D eigenvalue weighted by atomic mass is 9.90. The first-order valence-corrected chi connectivity index (χ1v) is 10.1. The zero-order valence-electron chi connectivity index (χ0n) is 18.7. The first kappa shape index (κ1) is 25.8. The molecular formula is C22H26O11. The second kappa shape index (κ2) is 12.0. The van der Waals surface area contributed by atoms with Gasteiger partial charge in [-0.2, -0.15) is 0 Å². The van der Waals surface area contributed by atoms with Gasteiger partial charge in [-0.15, -0.1) is 0 Å². The molecule has 0 N–H and O–H groups in total. The summed E-state index contributed by atoms with van der Waals surface area (Å²) in [4.78, 5) is 59.6. The largest absolute Gasteiger partial charge is 0.463 e. The molecule has 0 bridgehead atoms. The highest BCUT2D eigenvalue weighted by Crippen LogP contribution is 2.33. The summed E-state index contributed by atoms with van der Waals surface area (Å²) in [5, 5.41) is 0. The highest BCUT2D eigenvalue weighted by atomic mass is 16.7. The predicted molar refractivity (Wildman–Crippen MR) is 108 cm³/mol. The van der Waals surface area contributed by atoms with Gasteiger partial charge in [-0.1, -0.05) is 30.3 Å². The van der Waals surface area contributed by atoms with Crippen LogP contribution in [0.15, 0.2) is 30.3 Å². The summed E-state index contributed by atoms with van der Waals surface area (Å²) in [6.45, 7) is 3.90. The summed E-state index contributed by atoms with van der Waals surface area (Å²) >= 11 is 0. The van der Waals surface area contributed by atoms with E-state index in [2.05, 4.69) is 0 Å². The Hall–Kier alpha value is -3.47. The Kier molecular flexibility index (Phi) is 9.34. The van der Waals surface area contributed by atoms with Crippen LogP contribution in [0.2, 0.25) is 0 Å². The summed E-state index contributed by atoms with van der Waals surface area (Å²) in [6.07, 6.45) is -5.58. The minimum absolute atomic E-state index is 0.120. The van der Waals surface area contributed by atoms with Crippen molar-refractivity contribution >= 4 is 29.8 Å². The molecule has 1 aliphatic heterocycles. The first-order chi connectivity index (χ1) is 15.6. The number of ether oxygens (including phenoxy) is 6. The van der Waals surface area contributed by atoms with Crippen molar-refractivity contribution in [3.8, 4) is 0 Å². The topological polar surface area (TPSA) is 141 Å². The summed E-state index contributed by atoms with van der Waals surface area (Å²) in [5.41, 5.74) is 0.680. The Bertz CT molecular complexity index is 866. The van der Waals surface area contributed by atoms with E-state index in [1.165, 1.54) is 0 Å². The molecular weight excluding hydrogens is 440 g/mol. The lowest BCUT2D eigenvalue weighted by molar-refractivity contribution is -0.283. The molecule has 11 nitrogen and oxygen atoms in total. The molecule has 2 rings (SSSR count). The van der Waals surface area contributed by atoms with Crippen LogP contribution in [-0.4, -0.2) is 61.1 Å². The Morgan fingerprint density at radius 3 is 1.88 bits per heavy atom. The molecule has 33 heavy (non-hydrogen) atoms. The number of rotatable bonds is 8. The second-order valence-corrected chi connectivity index (χ2v) is 7.22. The lowest BCUT2D eigenvalue weighted by Gasteiger charge is -2.43. The van der Waals surface area contributed by atoms with Crippen LogP contribution < -0.4 is 0 Å². The Labute approximate surface area is 190 Å². The molecule has 0 aliphatic carbocycles. The number of hydrogen-bond donors (Lipinski definition) is 0. The fourth-order valence-electron chi connectivity index (χ4n) is 3.24. The van der Waals surface area contributed by atoms with E-state index in [1.807, 2.05) is 0 Å². The van der Waals surface area contributed by atoms with Crippen molar-refractivity contribution in [2.45, 2.75) is 58.9 Å². The first-order valence-electron chi connectivity index (χ1n) is 10.1. The lowest BCUT2D eigenvalue weighted by Crippen LogP contribution is -2.61. The third kappa shape index (κ3) is 7.86. The quantitative estimate of drug-likeness (QED) is 0.401. The SMILES string of the molecule is CC(=O)OC[C@H]1OC(OC(C)=O)[C@H](C(=O)OCc2ccccc2)[C@@H](OC(C)=O)[C@@H]1OC(C)=O. The molecule has 1 fully saturated rings. The summed E-state index contributed by atoms with van der Waals surface area (Å²) < 4.78 is 31.7. The predicted octanol–water partition coefficient (Wildman–Crippen LogP) is 1.06. The third-order valence-corrected chi connectivity index (χ3v) is 4.48. The van der Waals surface area contributed by atoms with E-state index >= 15 is 0 Å². The zero-order chi connectivity index (χ0) is 24.5. The molecule has 0 amide bonds. The van der Waals surface area contributed by atoms with Crippen LogP contribution in [0, 0.1) is 5.92 Å². The second-order valence-electron chi connectivity index (χ2n) is 7.22. The van der Waals surface area contributed by atoms with Gasteiger partial charge in [-0.3, -0.25) is 24.0 Å². The Balaban J connectivity index is 2.39. The molecule has 5 atom stereocenters. The fourth-order valence-corrected chi connectivity index (χ4v) is 3.24. The van der Waals surface area contributed by atoms with Crippen molar-refractivity contribution in [3.63, 3.8) is 0 Å². The van der Waals surface area contributed by atoms with Gasteiger partial charge in [0.05, 0.1) is 0 Å². The maximum atomic E-state index is 13.0. The molecule has 1 saturated heterocycles. The molecule has 0 radical (unpaired) electrons. The van der Waals surface area contributed by atoms with Crippen molar-refractivity contribution in [1.82, 2.24) is 0 Å². The summed E-state index contributed by atoms with van der Waals surface area (Å²) in [6, 6.07) is 8.77. The van der Waals surface area contributed by atoms with E-state index < -0.39 is 67.0 Å². The van der Waals surface area contributed by atoms with Crippen molar-refractivity contribution in [2.75, 3.05) is 6.61 Å². The molecule has 0 saturated carbocycles. The minimum atomic E-state index is -1.57. The molecule has 0 spiro atoms. The fraction of sp³-hybridized carbons (Fsp3) is 0.500. The van der Waals surface area contributed by atoms with Crippen molar-refractivity contribution in [3.05, 3.63) is 35.9 Å². The summed E-state index contributed by atoms with van der Waals surface area (Å²) in [5.74, 6) is -5.42. The maximum absolute atomic E-state index is 13.0. The van der Waals surface area contributed by atoms with Gasteiger partial charge >= 0.3 is 29.8 Å². The highest BCUT2D eigenvalue weighted by Gasteiger charge is 2.55. The standard InChI is InChI=1S/C22H26O11/c1-12(23)28-11-17-19(30-13(2)24)20(31-14(3)25)18(22(33-17)32-15(4)26)21(27)29-10-16-8-6-5-7-9-16/h5-9,17-20,22H,10-11H2,1-4H3/t17-,18+,19-,20-,22?/m1/s1. The number of carbonyl (C=O) groups is 5. The minimum Gasteiger partial charge on any atom is -0.463 e. The van der Waals surface area contributed by atoms with Crippen LogP contribution >= 0.6 is 0 Å². The van der Waals surface area contributed by atoms with E-state index in [0.717, 1.165) is 27.7 Å². The van der Waals surface area contributed by atoms with Crippen LogP contribution in [0.3, 0.4) is 0 Å². The molecule has 0 aromatic heterocycles. The molecule has 11 heteroatoms. The van der Waals surface area contributed by atoms with Gasteiger partial charge in [0.15, 0.2) is 18.1 Å². The Morgan fingerprint density at radius 1 is 0.758 bits per heavy atom. The molecule has 1 aromatic rings. The van der Waals surface area contributed by atoms with E-state index in [1.54, 1.807) is 30.3 Å². The van der Waals surface area contributed by atoms with Gasteiger partial charge in [0.25, 0.3) is 0 Å². The van der Waals surface area contributed by atoms with E-state index in [0.29, 0.717) is 5.56 Å². The number of hydrogen-bond acceptors (Lipinski definition) is 11. The van der Waals surface area contributed by atoms with Gasteiger partial charge < -0.3 is 28.4 Å². The van der Waals surface area contributed by atoms with Gasteiger partial charge in [0.2, 0.25) is 6.29 Å². The average Bonchev–Trinajstić information content (AvgIpc) is 2.72. The maximum Gasteiger partial charge on any atom is 0.319 e. The van der Waals surface area contributed by atoms with Gasteiger partial charge in [-0.25, -0.2) is 0 Å². The molecule has 180 valence electrons. The molecule has 1 aliphatic rings. The zero-order valence-corrected chi connectivity index (χ0v) is 18.7. The van der Waals surface area contributed by atoms with Crippen LogP contribution in [0.4, 0.5) is 0 Å². The third-order valence-electron chi connectivity index (χ3n) is 4.48. The Morgan fingerprint density at radius 2 is 1.33 bits per heavy atom. The number of carbonyl (C=O) groups excluding carboxylic acids is 5. The number of esters is 5. The normalized spacial score (nSPS) is 24.2. The van der Waals surface area contributed by atoms with Crippen LogP contribution in [-0.2, 0) is 59.0 Å². The van der Waals surface area contributed by atoms with Gasteiger partial charge in [-0.05, 0) is 5.56 Å². The monoisotopic (exact) mass is 466 g/mol. The van der Waals surface area contributed by atoms with E-state index in [9.17, 15) is 24.0 Å². The summed E-state index contributed by atoms with van der Waals surface area (Å²) in [7, 11) is 0. The van der Waals surface area contributed by atoms with Gasteiger partial charge in [0.1, 0.15) is 19.3 Å². The van der Waals surface area contributed by atoms with Crippen LogP contribution in [0.1, 0.15) is 33.3 Å². The van der Waals surface area contributed by atoms with Crippen LogP contribution in [0.5, 0.6) is 0 Å².